The van der Waals surface area contributed by atoms with Gasteiger partial charge >= 0.3 is 0 Å². The van der Waals surface area contributed by atoms with Crippen molar-refractivity contribution >= 4 is 18.3 Å². The fourth-order valence-corrected chi connectivity index (χ4v) is 3.48. The first-order valence-electron chi connectivity index (χ1n) is 10.2. The second-order valence-electron chi connectivity index (χ2n) is 7.47. The maximum Gasteiger partial charge on any atom is 0.227 e. The summed E-state index contributed by atoms with van der Waals surface area (Å²) in [5.41, 5.74) is 1.13. The highest BCUT2D eigenvalue weighted by Crippen LogP contribution is 2.19. The lowest BCUT2D eigenvalue weighted by Crippen LogP contribution is -2.36. The van der Waals surface area contributed by atoms with Crippen LogP contribution in [0.4, 0.5) is 4.39 Å². The molecule has 0 spiro atoms. The van der Waals surface area contributed by atoms with Crippen LogP contribution < -0.4 is 10.6 Å². The fraction of sp³-hybridized carbons (Fsp3) is 0.571. The Balaban J connectivity index is 0.00000300. The zero-order valence-electron chi connectivity index (χ0n) is 16.9. The first-order valence-corrected chi connectivity index (χ1v) is 10.2. The quantitative estimate of drug-likeness (QED) is 0.495. The first kappa shape index (κ1) is 23.3. The van der Waals surface area contributed by atoms with Gasteiger partial charge in [0.2, 0.25) is 17.6 Å². The Morgan fingerprint density at radius 1 is 1.21 bits per heavy atom. The third-order valence-corrected chi connectivity index (χ3v) is 5.20. The van der Waals surface area contributed by atoms with E-state index in [-0.39, 0.29) is 30.6 Å². The van der Waals surface area contributed by atoms with Crippen LogP contribution in [0, 0.1) is 12.7 Å². The molecule has 6 nitrogen and oxygen atoms in total. The molecule has 1 fully saturated rings. The monoisotopic (exact) mass is 424 g/mol. The SMILES string of the molecule is Cc1ccc(-c2noc(CCC(=O)NCCNC3CCCCCC3)n2)cc1F.Cl. The van der Waals surface area contributed by atoms with Crippen molar-refractivity contribution in [3.63, 3.8) is 0 Å². The van der Waals surface area contributed by atoms with Crippen LogP contribution in [0.15, 0.2) is 22.7 Å². The number of nitrogens with one attached hydrogen (secondary N) is 2. The molecule has 1 heterocycles. The molecule has 1 aromatic heterocycles. The molecule has 1 aliphatic carbocycles. The number of hydrogen-bond acceptors (Lipinski definition) is 5. The molecule has 2 aromatic rings. The summed E-state index contributed by atoms with van der Waals surface area (Å²) in [6.45, 7) is 3.11. The molecule has 0 bridgehead atoms. The molecule has 29 heavy (non-hydrogen) atoms. The number of benzene rings is 1. The van der Waals surface area contributed by atoms with Crippen molar-refractivity contribution < 1.29 is 13.7 Å². The van der Waals surface area contributed by atoms with Gasteiger partial charge in [-0.2, -0.15) is 4.98 Å². The molecule has 0 saturated heterocycles. The van der Waals surface area contributed by atoms with Crippen molar-refractivity contribution in [3.05, 3.63) is 35.5 Å². The van der Waals surface area contributed by atoms with E-state index in [0.29, 0.717) is 41.8 Å². The Bertz CT molecular complexity index is 776. The van der Waals surface area contributed by atoms with Crippen molar-refractivity contribution in [2.75, 3.05) is 13.1 Å². The number of aryl methyl sites for hydroxylation is 2. The molecule has 0 radical (unpaired) electrons. The summed E-state index contributed by atoms with van der Waals surface area (Å²) < 4.78 is 18.8. The summed E-state index contributed by atoms with van der Waals surface area (Å²) in [5, 5.41) is 10.3. The largest absolute Gasteiger partial charge is 0.355 e. The topological polar surface area (TPSA) is 80.0 Å². The van der Waals surface area contributed by atoms with Crippen molar-refractivity contribution in [1.82, 2.24) is 20.8 Å². The summed E-state index contributed by atoms with van der Waals surface area (Å²) in [5.74, 6) is 0.370. The molecule has 2 N–H and O–H groups in total. The van der Waals surface area contributed by atoms with Crippen LogP contribution in [0.1, 0.15) is 56.4 Å². The summed E-state index contributed by atoms with van der Waals surface area (Å²) in [7, 11) is 0. The summed E-state index contributed by atoms with van der Waals surface area (Å²) in [6, 6.07) is 5.40. The molecule has 1 amide bonds. The van der Waals surface area contributed by atoms with Gasteiger partial charge in [-0.05, 0) is 31.4 Å². The van der Waals surface area contributed by atoms with Gasteiger partial charge in [0.15, 0.2) is 0 Å². The van der Waals surface area contributed by atoms with Gasteiger partial charge in [0.25, 0.3) is 0 Å². The Morgan fingerprint density at radius 2 is 1.97 bits per heavy atom. The average Bonchev–Trinajstić information content (AvgIpc) is 3.01. The van der Waals surface area contributed by atoms with Crippen LogP contribution in [0.2, 0.25) is 0 Å². The molecule has 1 saturated carbocycles. The Hall–Kier alpha value is -1.99. The molecular weight excluding hydrogens is 395 g/mol. The molecule has 0 unspecified atom stereocenters. The number of amides is 1. The lowest BCUT2D eigenvalue weighted by Gasteiger charge is -2.16. The molecule has 1 aliphatic rings. The van der Waals surface area contributed by atoms with Crippen LogP contribution >= 0.6 is 12.4 Å². The molecule has 160 valence electrons. The second kappa shape index (κ2) is 11.9. The van der Waals surface area contributed by atoms with Gasteiger partial charge in [-0.3, -0.25) is 4.79 Å². The number of halogens is 2. The van der Waals surface area contributed by atoms with Gasteiger partial charge in [-0.25, -0.2) is 4.39 Å². The van der Waals surface area contributed by atoms with E-state index in [1.165, 1.54) is 44.6 Å². The molecule has 0 atom stereocenters. The highest BCUT2D eigenvalue weighted by Gasteiger charge is 2.13. The maximum atomic E-state index is 13.7. The number of hydrogen-bond donors (Lipinski definition) is 2. The zero-order valence-corrected chi connectivity index (χ0v) is 17.7. The van der Waals surface area contributed by atoms with Gasteiger partial charge in [0, 0.05) is 37.5 Å². The number of aromatic nitrogens is 2. The number of nitrogens with zero attached hydrogens (tertiary/aromatic N) is 2. The summed E-state index contributed by atoms with van der Waals surface area (Å²) >= 11 is 0. The molecule has 0 aliphatic heterocycles. The smallest absolute Gasteiger partial charge is 0.227 e. The van der Waals surface area contributed by atoms with Gasteiger partial charge in [-0.1, -0.05) is 43.0 Å². The number of carbonyl (C=O) groups excluding carboxylic acids is 1. The van der Waals surface area contributed by atoms with Crippen LogP contribution in [-0.2, 0) is 11.2 Å². The predicted octanol–water partition coefficient (Wildman–Crippen LogP) is 3.97. The zero-order chi connectivity index (χ0) is 19.8. The van der Waals surface area contributed by atoms with E-state index in [9.17, 15) is 9.18 Å². The molecule has 8 heteroatoms. The van der Waals surface area contributed by atoms with E-state index >= 15 is 0 Å². The van der Waals surface area contributed by atoms with E-state index in [2.05, 4.69) is 20.8 Å². The van der Waals surface area contributed by atoms with Crippen LogP contribution in [0.25, 0.3) is 11.4 Å². The van der Waals surface area contributed by atoms with E-state index in [4.69, 9.17) is 4.52 Å². The normalized spacial score (nSPS) is 14.8. The first-order chi connectivity index (χ1) is 13.6. The second-order valence-corrected chi connectivity index (χ2v) is 7.47. The van der Waals surface area contributed by atoms with E-state index < -0.39 is 0 Å². The van der Waals surface area contributed by atoms with Crippen molar-refractivity contribution in [1.29, 1.82) is 0 Å². The van der Waals surface area contributed by atoms with E-state index in [1.807, 2.05) is 0 Å². The minimum Gasteiger partial charge on any atom is -0.355 e. The lowest BCUT2D eigenvalue weighted by molar-refractivity contribution is -0.121. The molecule has 1 aromatic carbocycles. The van der Waals surface area contributed by atoms with Crippen LogP contribution in [0.5, 0.6) is 0 Å². The highest BCUT2D eigenvalue weighted by atomic mass is 35.5. The van der Waals surface area contributed by atoms with Gasteiger partial charge in [0.05, 0.1) is 0 Å². The Kier molecular flexibility index (Phi) is 9.54. The van der Waals surface area contributed by atoms with Crippen LogP contribution in [-0.4, -0.2) is 35.2 Å². The Morgan fingerprint density at radius 3 is 2.69 bits per heavy atom. The fourth-order valence-electron chi connectivity index (χ4n) is 3.48. The minimum absolute atomic E-state index is 0. The molecular formula is C21H30ClFN4O2. The van der Waals surface area contributed by atoms with Gasteiger partial charge < -0.3 is 15.2 Å². The third kappa shape index (κ3) is 7.40. The van der Waals surface area contributed by atoms with Crippen molar-refractivity contribution in [2.45, 2.75) is 64.3 Å². The van der Waals surface area contributed by atoms with Gasteiger partial charge in [0.1, 0.15) is 5.82 Å². The minimum atomic E-state index is -0.305. The summed E-state index contributed by atoms with van der Waals surface area (Å²) in [6.07, 6.45) is 8.39. The number of carbonyl (C=O) groups is 1. The average molecular weight is 425 g/mol. The Labute approximate surface area is 177 Å². The summed E-state index contributed by atoms with van der Waals surface area (Å²) in [4.78, 5) is 16.3. The number of rotatable bonds is 8. The van der Waals surface area contributed by atoms with Crippen molar-refractivity contribution in [3.8, 4) is 11.4 Å². The highest BCUT2D eigenvalue weighted by molar-refractivity contribution is 5.85. The maximum absolute atomic E-state index is 13.7. The van der Waals surface area contributed by atoms with Gasteiger partial charge in [-0.15, -0.1) is 12.4 Å². The van der Waals surface area contributed by atoms with Crippen molar-refractivity contribution in [2.24, 2.45) is 0 Å². The van der Waals surface area contributed by atoms with E-state index in [1.54, 1.807) is 19.1 Å². The van der Waals surface area contributed by atoms with E-state index in [0.717, 1.165) is 6.54 Å². The predicted molar refractivity (Wildman–Crippen MR) is 113 cm³/mol. The van der Waals surface area contributed by atoms with Crippen LogP contribution in [0.3, 0.4) is 0 Å². The molecule has 3 rings (SSSR count). The lowest BCUT2D eigenvalue weighted by atomic mass is 10.1. The third-order valence-electron chi connectivity index (χ3n) is 5.20. The standard InChI is InChI=1S/C21H29FN4O2.ClH/c1-15-8-9-16(14-18(15)22)21-25-20(28-26-21)11-10-19(27)24-13-12-23-17-6-4-2-3-5-7-17;/h8-9,14,17,23H,2-7,10-13H2,1H3,(H,24,27);1H.